The number of hydrogen-bond donors (Lipinski definition) is 0. The number of halogens is 2. The van der Waals surface area contributed by atoms with E-state index in [4.69, 9.17) is 16.6 Å². The number of hydrogen-bond acceptors (Lipinski definition) is 6. The van der Waals surface area contributed by atoms with Crippen LogP contribution in [0.15, 0.2) is 54.3 Å². The molecule has 0 N–H and O–H groups in total. The van der Waals surface area contributed by atoms with E-state index in [9.17, 15) is 14.0 Å². The van der Waals surface area contributed by atoms with Crippen molar-refractivity contribution >= 4 is 41.3 Å². The topological polar surface area (TPSA) is 94.9 Å². The van der Waals surface area contributed by atoms with Gasteiger partial charge in [-0.1, -0.05) is 44.2 Å². The molecule has 1 fully saturated rings. The summed E-state index contributed by atoms with van der Waals surface area (Å²) in [5.74, 6) is 0.0612. The van der Waals surface area contributed by atoms with E-state index in [1.165, 1.54) is 23.4 Å². The molecule has 214 valence electrons. The predicted molar refractivity (Wildman–Crippen MR) is 159 cm³/mol. The van der Waals surface area contributed by atoms with Gasteiger partial charge in [-0.2, -0.15) is 0 Å². The molecule has 1 saturated heterocycles. The number of amides is 2. The zero-order valence-corrected chi connectivity index (χ0v) is 24.6. The van der Waals surface area contributed by atoms with Crippen molar-refractivity contribution in [3.63, 3.8) is 0 Å². The third-order valence-corrected chi connectivity index (χ3v) is 7.37. The summed E-state index contributed by atoms with van der Waals surface area (Å²) in [4.78, 5) is 48.6. The summed E-state index contributed by atoms with van der Waals surface area (Å²) in [6.07, 6.45) is 3.42. The molecule has 0 saturated carbocycles. The Bertz CT molecular complexity index is 1510. The Balaban J connectivity index is 1.95. The van der Waals surface area contributed by atoms with E-state index in [2.05, 4.69) is 21.5 Å². The fraction of sp³-hybridized carbons (Fsp3) is 0.333. The molecular weight excluding hydrogens is 545 g/mol. The van der Waals surface area contributed by atoms with Gasteiger partial charge in [0, 0.05) is 38.3 Å². The number of benzene rings is 1. The molecule has 1 aliphatic heterocycles. The number of aryl methyl sites for hydroxylation is 1. The number of carbonyl (C=O) groups is 2. The van der Waals surface area contributed by atoms with Gasteiger partial charge in [0.25, 0.3) is 0 Å². The van der Waals surface area contributed by atoms with Crippen LogP contribution in [-0.2, 0) is 9.59 Å². The van der Waals surface area contributed by atoms with Crippen molar-refractivity contribution < 1.29 is 14.0 Å². The van der Waals surface area contributed by atoms with Crippen molar-refractivity contribution in [1.29, 1.82) is 0 Å². The summed E-state index contributed by atoms with van der Waals surface area (Å²) in [6, 6.07) is 7.72. The van der Waals surface area contributed by atoms with E-state index < -0.39 is 5.82 Å². The van der Waals surface area contributed by atoms with E-state index in [1.807, 2.05) is 25.7 Å². The molecule has 1 aliphatic rings. The number of aliphatic imine (C=N–C) groups is 1. The second-order valence-corrected chi connectivity index (χ2v) is 10.5. The second-order valence-electron chi connectivity index (χ2n) is 10.1. The van der Waals surface area contributed by atoms with Crippen LogP contribution in [0.3, 0.4) is 0 Å². The molecule has 2 amide bonds. The molecule has 41 heavy (non-hydrogen) atoms. The van der Waals surface area contributed by atoms with E-state index in [0.29, 0.717) is 54.5 Å². The Kier molecular flexibility index (Phi) is 9.12. The van der Waals surface area contributed by atoms with Crippen molar-refractivity contribution in [2.45, 2.75) is 39.7 Å². The van der Waals surface area contributed by atoms with Gasteiger partial charge in [0.1, 0.15) is 18.0 Å². The first kappa shape index (κ1) is 29.8. The molecule has 3 heterocycles. The summed E-state index contributed by atoms with van der Waals surface area (Å²) in [7, 11) is 1.65. The third kappa shape index (κ3) is 5.83. The summed E-state index contributed by atoms with van der Waals surface area (Å²) in [5, 5.41) is 0.194. The predicted octanol–water partition coefficient (Wildman–Crippen LogP) is 5.15. The Morgan fingerprint density at radius 2 is 2.00 bits per heavy atom. The van der Waals surface area contributed by atoms with Crippen LogP contribution in [0, 0.1) is 12.7 Å². The van der Waals surface area contributed by atoms with Crippen LogP contribution < -0.4 is 4.90 Å². The lowest BCUT2D eigenvalue weighted by Gasteiger charge is -2.41. The zero-order chi connectivity index (χ0) is 29.8. The normalized spacial score (nSPS) is 15.7. The van der Waals surface area contributed by atoms with Gasteiger partial charge in [-0.15, -0.1) is 0 Å². The van der Waals surface area contributed by atoms with Gasteiger partial charge in [-0.05, 0) is 44.0 Å². The van der Waals surface area contributed by atoms with Gasteiger partial charge in [0.05, 0.1) is 33.4 Å². The molecule has 9 nitrogen and oxygen atoms in total. The van der Waals surface area contributed by atoms with E-state index in [1.54, 1.807) is 43.1 Å². The fourth-order valence-corrected chi connectivity index (χ4v) is 5.34. The molecule has 1 unspecified atom stereocenters. The number of aromatic nitrogens is 3. The average molecular weight is 578 g/mol. The van der Waals surface area contributed by atoms with Crippen molar-refractivity contribution in [3.05, 3.63) is 77.1 Å². The number of nitrogens with zero attached hydrogens (tertiary/aromatic N) is 7. The average Bonchev–Trinajstić information content (AvgIpc) is 2.96. The van der Waals surface area contributed by atoms with Gasteiger partial charge in [0.15, 0.2) is 5.82 Å². The highest BCUT2D eigenvalue weighted by atomic mass is 35.5. The van der Waals surface area contributed by atoms with Crippen LogP contribution in [-0.4, -0.2) is 75.6 Å². The highest BCUT2D eigenvalue weighted by Crippen LogP contribution is 2.38. The smallest absolute Gasteiger partial charge is 0.246 e. The Hall–Kier alpha value is -4.18. The van der Waals surface area contributed by atoms with Crippen molar-refractivity contribution in [2.24, 2.45) is 4.99 Å². The Morgan fingerprint density at radius 1 is 1.27 bits per heavy atom. The molecule has 2 aromatic heterocycles. The van der Waals surface area contributed by atoms with Gasteiger partial charge in [-0.25, -0.2) is 19.3 Å². The number of carbonyl (C=O) groups excluding carboxylic acids is 2. The molecule has 1 atom stereocenters. The quantitative estimate of drug-likeness (QED) is 0.167. The minimum atomic E-state index is -0.499. The van der Waals surface area contributed by atoms with Crippen molar-refractivity contribution in [3.8, 4) is 11.3 Å². The maximum Gasteiger partial charge on any atom is 0.246 e. The molecule has 0 radical (unpaired) electrons. The highest BCUT2D eigenvalue weighted by Gasteiger charge is 2.32. The number of rotatable bonds is 7. The van der Waals surface area contributed by atoms with E-state index in [0.717, 1.165) is 0 Å². The van der Waals surface area contributed by atoms with Gasteiger partial charge in [-0.3, -0.25) is 19.5 Å². The molecule has 0 spiro atoms. The standard InChI is InChI=1S/C30H33ClFN7O2/c1-7-25(41)37-12-13-38(19(4)15-37)29(33-6)22-14-23(31)27(21-10-8-9-11-24(21)32)36-30(22)39(17-40)28-20(5)34-16-35-26(28)18(2)3/h7-11,14,16-19H,1,12-13,15H2,2-6H3/b33-29+. The van der Waals surface area contributed by atoms with Crippen molar-refractivity contribution in [2.75, 3.05) is 31.6 Å². The molecule has 3 aromatic rings. The maximum atomic E-state index is 15.0. The maximum absolute atomic E-state index is 15.0. The molecular formula is C30H33ClFN7O2. The fourth-order valence-electron chi connectivity index (χ4n) is 5.09. The van der Waals surface area contributed by atoms with Crippen LogP contribution in [0.1, 0.15) is 43.6 Å². The van der Waals surface area contributed by atoms with Crippen LogP contribution in [0.25, 0.3) is 11.3 Å². The Labute approximate surface area is 244 Å². The minimum Gasteiger partial charge on any atom is -0.350 e. The van der Waals surface area contributed by atoms with Crippen LogP contribution in [0.5, 0.6) is 0 Å². The first-order chi connectivity index (χ1) is 19.6. The van der Waals surface area contributed by atoms with Crippen LogP contribution in [0.2, 0.25) is 5.02 Å². The summed E-state index contributed by atoms with van der Waals surface area (Å²) < 4.78 is 15.0. The lowest BCUT2D eigenvalue weighted by atomic mass is 10.0. The molecule has 0 bridgehead atoms. The highest BCUT2D eigenvalue weighted by molar-refractivity contribution is 6.33. The molecule has 0 aliphatic carbocycles. The third-order valence-electron chi connectivity index (χ3n) is 7.08. The van der Waals surface area contributed by atoms with E-state index >= 15 is 0 Å². The number of amidine groups is 1. The largest absolute Gasteiger partial charge is 0.350 e. The second kappa shape index (κ2) is 12.6. The lowest BCUT2D eigenvalue weighted by molar-refractivity contribution is -0.128. The summed E-state index contributed by atoms with van der Waals surface area (Å²) in [5.41, 5.74) is 2.56. The SMILES string of the molecule is C=CC(=O)N1CCN(/C(=N/C)c2cc(Cl)c(-c3ccccc3F)nc2N(C=O)c2c(C)ncnc2C(C)C)C(C)C1. The van der Waals surface area contributed by atoms with Gasteiger partial charge < -0.3 is 9.80 Å². The first-order valence-corrected chi connectivity index (χ1v) is 13.7. The number of piperazine rings is 1. The zero-order valence-electron chi connectivity index (χ0n) is 23.8. The van der Waals surface area contributed by atoms with Gasteiger partial charge in [0.2, 0.25) is 12.3 Å². The monoisotopic (exact) mass is 577 g/mol. The van der Waals surface area contributed by atoms with E-state index in [-0.39, 0.29) is 40.0 Å². The summed E-state index contributed by atoms with van der Waals surface area (Å²) in [6.45, 7) is 12.7. The number of pyridine rings is 1. The van der Waals surface area contributed by atoms with Crippen LogP contribution >= 0.6 is 11.6 Å². The van der Waals surface area contributed by atoms with Crippen molar-refractivity contribution in [1.82, 2.24) is 24.8 Å². The first-order valence-electron chi connectivity index (χ1n) is 13.3. The minimum absolute atomic E-state index is 0.0363. The number of anilines is 2. The summed E-state index contributed by atoms with van der Waals surface area (Å²) >= 11 is 6.78. The van der Waals surface area contributed by atoms with Crippen LogP contribution in [0.4, 0.5) is 15.9 Å². The molecule has 11 heteroatoms. The molecule has 1 aromatic carbocycles. The Morgan fingerprint density at radius 3 is 2.61 bits per heavy atom. The van der Waals surface area contributed by atoms with Gasteiger partial charge >= 0.3 is 0 Å². The molecule has 4 rings (SSSR count). The lowest BCUT2D eigenvalue weighted by Crippen LogP contribution is -2.55.